The van der Waals surface area contributed by atoms with Gasteiger partial charge in [-0.25, -0.2) is 13.1 Å². The first-order valence-corrected chi connectivity index (χ1v) is 8.50. The highest BCUT2D eigenvalue weighted by Crippen LogP contribution is 2.16. The van der Waals surface area contributed by atoms with Crippen LogP contribution in [0, 0.1) is 0 Å². The molecule has 0 spiro atoms. The van der Waals surface area contributed by atoms with Crippen LogP contribution in [0.15, 0.2) is 39.8 Å². The lowest BCUT2D eigenvalue weighted by molar-refractivity contribution is 0.101. The Hall–Kier alpha value is -1.98. The highest BCUT2D eigenvalue weighted by molar-refractivity contribution is 7.89. The lowest BCUT2D eigenvalue weighted by Gasteiger charge is -2.08. The van der Waals surface area contributed by atoms with Crippen molar-refractivity contribution >= 4 is 34.0 Å². The zero-order valence-corrected chi connectivity index (χ0v) is 15.0. The number of rotatable bonds is 8. The third kappa shape index (κ3) is 5.80. The van der Waals surface area contributed by atoms with Crippen LogP contribution < -0.4 is 15.8 Å². The molecular weight excluding hydrogens is 372 g/mol. The maximum Gasteiger partial charge on any atom is 0.277 e. The average Bonchev–Trinajstić information content (AvgIpc) is 3.02. The van der Waals surface area contributed by atoms with Crippen LogP contribution in [0.25, 0.3) is 0 Å². The van der Waals surface area contributed by atoms with Gasteiger partial charge < -0.3 is 20.3 Å². The van der Waals surface area contributed by atoms with Crippen molar-refractivity contribution < 1.29 is 22.5 Å². The second-order valence-electron chi connectivity index (χ2n) is 4.78. The Labute approximate surface area is 151 Å². The Bertz CT molecular complexity index is 809. The smallest absolute Gasteiger partial charge is 0.277 e. The summed E-state index contributed by atoms with van der Waals surface area (Å²) in [6, 6.07) is 7.29. The van der Waals surface area contributed by atoms with E-state index in [1.54, 1.807) is 6.07 Å². The number of carbonyl (C=O) groups is 1. The van der Waals surface area contributed by atoms with E-state index in [9.17, 15) is 13.2 Å². The van der Waals surface area contributed by atoms with Crippen molar-refractivity contribution in [3.05, 3.63) is 41.8 Å². The molecular formula is C14H19ClN4O5S. The molecule has 1 amide bonds. The van der Waals surface area contributed by atoms with Crippen LogP contribution in [0.1, 0.15) is 16.2 Å². The molecule has 0 fully saturated rings. The molecule has 2 aromatic rings. The summed E-state index contributed by atoms with van der Waals surface area (Å²) in [6.07, 6.45) is 0. The van der Waals surface area contributed by atoms with Crippen LogP contribution >= 0.6 is 12.4 Å². The van der Waals surface area contributed by atoms with Crippen molar-refractivity contribution in [3.63, 3.8) is 0 Å². The topological polar surface area (TPSA) is 137 Å². The monoisotopic (exact) mass is 390 g/mol. The summed E-state index contributed by atoms with van der Waals surface area (Å²) in [5.41, 5.74) is 5.67. The summed E-state index contributed by atoms with van der Waals surface area (Å²) >= 11 is 0. The first-order valence-electron chi connectivity index (χ1n) is 7.02. The van der Waals surface area contributed by atoms with Gasteiger partial charge in [0.05, 0.1) is 4.90 Å². The molecule has 138 valence electrons. The van der Waals surface area contributed by atoms with Gasteiger partial charge in [-0.05, 0) is 18.2 Å². The molecule has 11 heteroatoms. The fourth-order valence-electron chi connectivity index (χ4n) is 1.84. The molecule has 0 radical (unpaired) electrons. The molecule has 1 heterocycles. The van der Waals surface area contributed by atoms with Crippen LogP contribution in [0.4, 0.5) is 5.69 Å². The van der Waals surface area contributed by atoms with Crippen LogP contribution in [0.2, 0.25) is 0 Å². The first-order chi connectivity index (χ1) is 11.5. The standard InChI is InChI=1S/C14H18N4O5S.ClH/c1-22-9-11-8-13(18-23-11)14(19)17-10-3-2-4-12(7-10)24(20,21)16-6-5-15;/h2-4,7-8,16H,5-6,9,15H2,1H3,(H,17,19);1H. The van der Waals surface area contributed by atoms with Gasteiger partial charge >= 0.3 is 0 Å². The van der Waals surface area contributed by atoms with Gasteiger partial charge in [0.25, 0.3) is 5.91 Å². The number of amides is 1. The number of hydrogen-bond acceptors (Lipinski definition) is 7. The van der Waals surface area contributed by atoms with Crippen molar-refractivity contribution in [2.75, 3.05) is 25.5 Å². The molecule has 1 aromatic carbocycles. The zero-order valence-electron chi connectivity index (χ0n) is 13.4. The summed E-state index contributed by atoms with van der Waals surface area (Å²) in [6.45, 7) is 0.507. The second kappa shape index (κ2) is 9.49. The maximum absolute atomic E-state index is 12.1. The molecule has 0 aliphatic heterocycles. The van der Waals surface area contributed by atoms with E-state index in [1.165, 1.54) is 31.4 Å². The molecule has 25 heavy (non-hydrogen) atoms. The summed E-state index contributed by atoms with van der Waals surface area (Å²) in [4.78, 5) is 12.1. The number of hydrogen-bond donors (Lipinski definition) is 3. The fourth-order valence-corrected chi connectivity index (χ4v) is 2.94. The molecule has 4 N–H and O–H groups in total. The summed E-state index contributed by atoms with van der Waals surface area (Å²) in [7, 11) is -2.19. The molecule has 0 aliphatic carbocycles. The fraction of sp³-hybridized carbons (Fsp3) is 0.286. The van der Waals surface area contributed by atoms with Gasteiger partial charge in [0, 0.05) is 32.0 Å². The van der Waals surface area contributed by atoms with Crippen molar-refractivity contribution in [2.24, 2.45) is 5.73 Å². The molecule has 1 aromatic heterocycles. The summed E-state index contributed by atoms with van der Waals surface area (Å²) in [5, 5.41) is 6.19. The third-order valence-electron chi connectivity index (χ3n) is 2.92. The van der Waals surface area contributed by atoms with Crippen molar-refractivity contribution in [1.82, 2.24) is 9.88 Å². The Balaban J connectivity index is 0.00000312. The van der Waals surface area contributed by atoms with E-state index in [0.29, 0.717) is 11.4 Å². The minimum atomic E-state index is -3.68. The zero-order chi connectivity index (χ0) is 17.6. The van der Waals surface area contributed by atoms with Gasteiger partial charge in [-0.2, -0.15) is 0 Å². The van der Waals surface area contributed by atoms with E-state index in [1.807, 2.05) is 0 Å². The number of halogens is 1. The lowest BCUT2D eigenvalue weighted by atomic mass is 10.3. The third-order valence-corrected chi connectivity index (χ3v) is 4.38. The number of sulfonamides is 1. The predicted molar refractivity (Wildman–Crippen MR) is 93.1 cm³/mol. The maximum atomic E-state index is 12.1. The number of aromatic nitrogens is 1. The van der Waals surface area contributed by atoms with Gasteiger partial charge in [-0.1, -0.05) is 11.2 Å². The summed E-state index contributed by atoms with van der Waals surface area (Å²) in [5.74, 6) is -0.115. The molecule has 0 atom stereocenters. The van der Waals surface area contributed by atoms with Gasteiger partial charge in [-0.15, -0.1) is 12.4 Å². The van der Waals surface area contributed by atoms with E-state index in [-0.39, 0.29) is 42.7 Å². The molecule has 2 rings (SSSR count). The minimum absolute atomic E-state index is 0. The normalized spacial score (nSPS) is 11.0. The number of carbonyl (C=O) groups excluding carboxylic acids is 1. The number of nitrogens with zero attached hydrogens (tertiary/aromatic N) is 1. The number of nitrogens with two attached hydrogens (primary N) is 1. The number of benzene rings is 1. The predicted octanol–water partition coefficient (Wildman–Crippen LogP) is 0.732. The van der Waals surface area contributed by atoms with E-state index < -0.39 is 15.9 Å². The Kier molecular flexibility index (Phi) is 8.00. The van der Waals surface area contributed by atoms with Crippen LogP contribution in [0.5, 0.6) is 0 Å². The van der Waals surface area contributed by atoms with Crippen LogP contribution in [0.3, 0.4) is 0 Å². The largest absolute Gasteiger partial charge is 0.377 e. The lowest BCUT2D eigenvalue weighted by Crippen LogP contribution is -2.29. The Morgan fingerprint density at radius 3 is 2.80 bits per heavy atom. The minimum Gasteiger partial charge on any atom is -0.377 e. The number of methoxy groups -OCH3 is 1. The van der Waals surface area contributed by atoms with Crippen LogP contribution in [-0.4, -0.2) is 39.7 Å². The average molecular weight is 391 g/mol. The highest BCUT2D eigenvalue weighted by atomic mass is 35.5. The van der Waals surface area contributed by atoms with Gasteiger partial charge in [0.2, 0.25) is 10.0 Å². The number of ether oxygens (including phenoxy) is 1. The molecule has 0 unspecified atom stereocenters. The van der Waals surface area contributed by atoms with Crippen LogP contribution in [-0.2, 0) is 21.4 Å². The molecule has 0 saturated heterocycles. The quantitative estimate of drug-likeness (QED) is 0.604. The number of nitrogens with one attached hydrogen (secondary N) is 2. The van der Waals surface area contributed by atoms with Gasteiger partial charge in [0.15, 0.2) is 11.5 Å². The van der Waals surface area contributed by atoms with E-state index in [0.717, 1.165) is 0 Å². The Morgan fingerprint density at radius 2 is 2.12 bits per heavy atom. The summed E-state index contributed by atoms with van der Waals surface area (Å²) < 4.78 is 36.3. The molecule has 0 saturated carbocycles. The highest BCUT2D eigenvalue weighted by Gasteiger charge is 2.16. The van der Waals surface area contributed by atoms with E-state index in [4.69, 9.17) is 15.0 Å². The van der Waals surface area contributed by atoms with Crippen molar-refractivity contribution in [3.8, 4) is 0 Å². The molecule has 0 aliphatic rings. The van der Waals surface area contributed by atoms with E-state index >= 15 is 0 Å². The second-order valence-corrected chi connectivity index (χ2v) is 6.55. The molecule has 9 nitrogen and oxygen atoms in total. The first kappa shape index (κ1) is 21.1. The number of anilines is 1. The van der Waals surface area contributed by atoms with Gasteiger partial charge in [-0.3, -0.25) is 4.79 Å². The Morgan fingerprint density at radius 1 is 1.36 bits per heavy atom. The van der Waals surface area contributed by atoms with E-state index in [2.05, 4.69) is 15.2 Å². The molecule has 0 bridgehead atoms. The van der Waals surface area contributed by atoms with Crippen molar-refractivity contribution in [2.45, 2.75) is 11.5 Å². The van der Waals surface area contributed by atoms with Gasteiger partial charge in [0.1, 0.15) is 6.61 Å². The SMILES string of the molecule is COCc1cc(C(=O)Nc2cccc(S(=O)(=O)NCCN)c2)no1.Cl. The van der Waals surface area contributed by atoms with Crippen molar-refractivity contribution in [1.29, 1.82) is 0 Å².